The summed E-state index contributed by atoms with van der Waals surface area (Å²) in [7, 11) is -8.73. The standard InChI is InChI=1S/C16H32N6O6S2.2Li/c1-4-5-6-9-17-14-20-15(18-10-7-12(2)29(23,24)25)22-16(21-14)19-11-8-13(3)30(26,27)28;;/h12-13H,4-11H2,1-3H3,(H,23,24,25)(H,26,27,28)(H3,17,18,19,20,21,22);;/q;2*+1/p-2. The summed E-state index contributed by atoms with van der Waals surface area (Å²) in [5.41, 5.74) is 0. The molecule has 174 valence electrons. The number of nitrogens with one attached hydrogen (secondary N) is 3. The fourth-order valence-corrected chi connectivity index (χ4v) is 3.06. The maximum atomic E-state index is 11.0. The topological polar surface area (TPSA) is 189 Å². The Kier molecular flexibility index (Phi) is 16.9. The third kappa shape index (κ3) is 13.9. The smallest absolute Gasteiger partial charge is 0.748 e. The summed E-state index contributed by atoms with van der Waals surface area (Å²) in [5.74, 6) is 0.635. The number of hydrogen-bond acceptors (Lipinski definition) is 12. The zero-order valence-electron chi connectivity index (χ0n) is 19.4. The van der Waals surface area contributed by atoms with Gasteiger partial charge < -0.3 is 25.1 Å². The second-order valence-corrected chi connectivity index (χ2v) is 10.6. The molecule has 16 heteroatoms. The van der Waals surface area contributed by atoms with Crippen LogP contribution in [0, 0.1) is 0 Å². The van der Waals surface area contributed by atoms with Crippen molar-refractivity contribution < 1.29 is 63.7 Å². The second kappa shape index (κ2) is 16.1. The number of anilines is 3. The van der Waals surface area contributed by atoms with Crippen molar-refractivity contribution in [2.45, 2.75) is 63.4 Å². The van der Waals surface area contributed by atoms with Crippen molar-refractivity contribution in [1.29, 1.82) is 0 Å². The summed E-state index contributed by atoms with van der Waals surface area (Å²) in [6, 6.07) is 0. The monoisotopic (exact) mass is 480 g/mol. The summed E-state index contributed by atoms with van der Waals surface area (Å²) in [4.78, 5) is 12.6. The van der Waals surface area contributed by atoms with E-state index in [0.29, 0.717) is 12.5 Å². The van der Waals surface area contributed by atoms with Gasteiger partial charge in [-0.3, -0.25) is 0 Å². The van der Waals surface area contributed by atoms with Gasteiger partial charge in [0.2, 0.25) is 17.8 Å². The molecule has 0 spiro atoms. The van der Waals surface area contributed by atoms with Crippen molar-refractivity contribution in [2.75, 3.05) is 35.6 Å². The van der Waals surface area contributed by atoms with Crippen LogP contribution in [0.1, 0.15) is 52.9 Å². The summed E-state index contributed by atoms with van der Waals surface area (Å²) in [6.45, 7) is 5.71. The number of nitrogens with zero attached hydrogens (tertiary/aromatic N) is 3. The van der Waals surface area contributed by atoms with Crippen LogP contribution in [0.25, 0.3) is 0 Å². The SMILES string of the molecule is CCCCCNc1nc(NCCC(C)S(=O)(=O)[O-])nc(NCCC(C)S(=O)(=O)[O-])n1.[Li+].[Li+]. The second-order valence-electron chi connectivity index (χ2n) is 6.98. The van der Waals surface area contributed by atoms with E-state index in [4.69, 9.17) is 0 Å². The van der Waals surface area contributed by atoms with E-state index in [9.17, 15) is 25.9 Å². The van der Waals surface area contributed by atoms with Crippen LogP contribution in [0.15, 0.2) is 0 Å². The number of rotatable bonds is 15. The van der Waals surface area contributed by atoms with E-state index in [0.717, 1.165) is 19.3 Å². The van der Waals surface area contributed by atoms with E-state index in [1.807, 2.05) is 0 Å². The minimum absolute atomic E-state index is 0. The Morgan fingerprint density at radius 3 is 1.38 bits per heavy atom. The Bertz CT molecular complexity index is 814. The van der Waals surface area contributed by atoms with Crippen molar-refractivity contribution in [1.82, 2.24) is 15.0 Å². The first-order valence-corrected chi connectivity index (χ1v) is 12.7. The quantitative estimate of drug-likeness (QED) is 0.123. The molecular weight excluding hydrogens is 450 g/mol. The van der Waals surface area contributed by atoms with Crippen LogP contribution < -0.4 is 53.7 Å². The molecule has 1 rings (SSSR count). The fraction of sp³-hybridized carbons (Fsp3) is 0.812. The van der Waals surface area contributed by atoms with Gasteiger partial charge in [-0.2, -0.15) is 15.0 Å². The van der Waals surface area contributed by atoms with Crippen LogP contribution in [0.3, 0.4) is 0 Å². The molecule has 2 atom stereocenters. The molecule has 0 saturated heterocycles. The third-order valence-electron chi connectivity index (χ3n) is 4.35. The van der Waals surface area contributed by atoms with E-state index in [1.165, 1.54) is 13.8 Å². The molecule has 0 radical (unpaired) electrons. The zero-order chi connectivity index (χ0) is 22.8. The molecule has 0 aromatic carbocycles. The van der Waals surface area contributed by atoms with E-state index in [2.05, 4.69) is 37.8 Å². The van der Waals surface area contributed by atoms with E-state index < -0.39 is 30.7 Å². The third-order valence-corrected chi connectivity index (χ3v) is 6.80. The molecule has 0 amide bonds. The molecule has 0 bridgehead atoms. The minimum atomic E-state index is -4.37. The number of unbranched alkanes of at least 4 members (excludes halogenated alkanes) is 2. The van der Waals surface area contributed by atoms with Crippen molar-refractivity contribution >= 4 is 38.1 Å². The van der Waals surface area contributed by atoms with Gasteiger partial charge in [-0.1, -0.05) is 19.8 Å². The molecule has 2 unspecified atom stereocenters. The summed E-state index contributed by atoms with van der Waals surface area (Å²) >= 11 is 0. The molecule has 0 saturated carbocycles. The first-order chi connectivity index (χ1) is 13.9. The van der Waals surface area contributed by atoms with Crippen molar-refractivity contribution in [3.63, 3.8) is 0 Å². The Labute approximate surface area is 214 Å². The molecule has 1 aromatic rings. The van der Waals surface area contributed by atoms with Gasteiger partial charge in [0.25, 0.3) is 0 Å². The predicted molar refractivity (Wildman–Crippen MR) is 112 cm³/mol. The van der Waals surface area contributed by atoms with Gasteiger partial charge in [0, 0.05) is 30.1 Å². The molecule has 1 heterocycles. The van der Waals surface area contributed by atoms with Gasteiger partial charge in [0.1, 0.15) is 0 Å². The molecule has 0 aliphatic carbocycles. The number of hydrogen-bond donors (Lipinski definition) is 3. The number of aromatic nitrogens is 3. The van der Waals surface area contributed by atoms with Gasteiger partial charge in [-0.05, 0) is 33.1 Å². The van der Waals surface area contributed by atoms with Crippen molar-refractivity contribution in [3.8, 4) is 0 Å². The molecule has 12 nitrogen and oxygen atoms in total. The summed E-state index contributed by atoms with van der Waals surface area (Å²) < 4.78 is 65.9. The van der Waals surface area contributed by atoms with Crippen molar-refractivity contribution in [3.05, 3.63) is 0 Å². The van der Waals surface area contributed by atoms with E-state index in [-0.39, 0.29) is 75.5 Å². The Hall–Kier alpha value is -0.575. The van der Waals surface area contributed by atoms with Crippen LogP contribution in [-0.4, -0.2) is 71.0 Å². The molecule has 32 heavy (non-hydrogen) atoms. The van der Waals surface area contributed by atoms with Gasteiger partial charge in [0.15, 0.2) is 0 Å². The van der Waals surface area contributed by atoms with Gasteiger partial charge in [0.05, 0.1) is 20.2 Å². The van der Waals surface area contributed by atoms with Gasteiger partial charge >= 0.3 is 37.7 Å². The van der Waals surface area contributed by atoms with E-state index in [1.54, 1.807) is 0 Å². The van der Waals surface area contributed by atoms with Gasteiger partial charge in [-0.15, -0.1) is 0 Å². The van der Waals surface area contributed by atoms with Crippen LogP contribution in [0.4, 0.5) is 17.8 Å². The molecular formula is C16H30Li2N6O6S2. The van der Waals surface area contributed by atoms with Crippen molar-refractivity contribution in [2.24, 2.45) is 0 Å². The summed E-state index contributed by atoms with van der Waals surface area (Å²) in [6.07, 6.45) is 3.18. The first kappa shape index (κ1) is 33.6. The van der Waals surface area contributed by atoms with Crippen LogP contribution >= 0.6 is 0 Å². The minimum Gasteiger partial charge on any atom is -0.748 e. The average Bonchev–Trinajstić information content (AvgIpc) is 2.63. The molecule has 3 N–H and O–H groups in total. The van der Waals surface area contributed by atoms with Crippen LogP contribution in [-0.2, 0) is 20.2 Å². The summed E-state index contributed by atoms with van der Waals surface area (Å²) in [5, 5.41) is 6.70. The van der Waals surface area contributed by atoms with Crippen LogP contribution in [0.2, 0.25) is 0 Å². The molecule has 1 aromatic heterocycles. The fourth-order valence-electron chi connectivity index (χ4n) is 2.25. The first-order valence-electron chi connectivity index (χ1n) is 9.80. The molecule has 0 aliphatic rings. The zero-order valence-corrected chi connectivity index (χ0v) is 21.1. The van der Waals surface area contributed by atoms with Crippen LogP contribution in [0.5, 0.6) is 0 Å². The Morgan fingerprint density at radius 1 is 0.719 bits per heavy atom. The predicted octanol–water partition coefficient (Wildman–Crippen LogP) is -5.05. The van der Waals surface area contributed by atoms with Gasteiger partial charge in [-0.25, -0.2) is 16.8 Å². The Morgan fingerprint density at radius 2 is 1.06 bits per heavy atom. The maximum Gasteiger partial charge on any atom is 1.00 e. The molecule has 0 aliphatic heterocycles. The van der Waals surface area contributed by atoms with E-state index >= 15 is 0 Å². The normalized spacial score (nSPS) is 13.3. The maximum absolute atomic E-state index is 11.0. The molecule has 0 fully saturated rings. The largest absolute Gasteiger partial charge is 1.00 e. The Balaban J connectivity index is 0. The average molecular weight is 480 g/mol.